The number of benzene rings is 2. The van der Waals surface area contributed by atoms with Crippen molar-refractivity contribution in [2.75, 3.05) is 7.11 Å². The summed E-state index contributed by atoms with van der Waals surface area (Å²) in [5.74, 6) is 0.338. The fourth-order valence-electron chi connectivity index (χ4n) is 3.29. The molecule has 2 aromatic carbocycles. The third-order valence-electron chi connectivity index (χ3n) is 4.82. The molecule has 0 saturated heterocycles. The minimum Gasteiger partial charge on any atom is -0.507 e. The zero-order chi connectivity index (χ0) is 23.6. The monoisotopic (exact) mass is 458 g/mol. The van der Waals surface area contributed by atoms with Crippen molar-refractivity contribution in [1.29, 1.82) is 0 Å². The molecule has 0 spiro atoms. The SMILES string of the molecule is COc1cc(O)c(-c2nnc(C(=O)NC(C)C)n2-c2ccc([SH](=O)=O)cc2)cc1C(C)C. The van der Waals surface area contributed by atoms with Gasteiger partial charge in [0.2, 0.25) is 5.82 Å². The number of hydrogen-bond donors (Lipinski definition) is 3. The van der Waals surface area contributed by atoms with Crippen LogP contribution >= 0.6 is 0 Å². The van der Waals surface area contributed by atoms with Crippen LogP contribution in [0, 0.1) is 0 Å². The summed E-state index contributed by atoms with van der Waals surface area (Å²) in [5.41, 5.74) is 1.69. The van der Waals surface area contributed by atoms with E-state index in [0.717, 1.165) is 5.56 Å². The summed E-state index contributed by atoms with van der Waals surface area (Å²) in [4.78, 5) is 13.0. The number of ether oxygens (including phenoxy) is 1. The first-order valence-electron chi connectivity index (χ1n) is 10.1. The van der Waals surface area contributed by atoms with E-state index in [4.69, 9.17) is 4.74 Å². The lowest BCUT2D eigenvalue weighted by Crippen LogP contribution is -2.32. The van der Waals surface area contributed by atoms with Crippen molar-refractivity contribution < 1.29 is 23.1 Å². The van der Waals surface area contributed by atoms with Crippen LogP contribution in [0.2, 0.25) is 0 Å². The van der Waals surface area contributed by atoms with Crippen LogP contribution in [0.25, 0.3) is 17.1 Å². The molecule has 0 aliphatic heterocycles. The fourth-order valence-corrected chi connectivity index (χ4v) is 3.69. The van der Waals surface area contributed by atoms with Crippen molar-refractivity contribution in [1.82, 2.24) is 20.1 Å². The molecular formula is C22H26N4O5S. The van der Waals surface area contributed by atoms with E-state index >= 15 is 0 Å². The van der Waals surface area contributed by atoms with Crippen LogP contribution in [0.15, 0.2) is 41.3 Å². The van der Waals surface area contributed by atoms with Crippen LogP contribution in [0.5, 0.6) is 11.5 Å². The zero-order valence-corrected chi connectivity index (χ0v) is 19.4. The standard InChI is InChI=1S/C22H26N4O5S/c1-12(2)16-10-17(18(27)11-19(16)31-5)20-24-25-21(22(28)23-13(3)4)26(20)14-6-8-15(9-7-14)32(29)30/h6-13,27,32H,1-5H3,(H,23,28). The number of thiol groups is 1. The maximum atomic E-state index is 12.8. The Hall–Kier alpha value is -3.40. The number of nitrogens with one attached hydrogen (secondary N) is 1. The van der Waals surface area contributed by atoms with E-state index in [0.29, 0.717) is 17.0 Å². The van der Waals surface area contributed by atoms with Crippen LogP contribution in [0.1, 0.15) is 49.8 Å². The van der Waals surface area contributed by atoms with Gasteiger partial charge < -0.3 is 15.2 Å². The Balaban J connectivity index is 2.26. The van der Waals surface area contributed by atoms with Crippen molar-refractivity contribution in [2.24, 2.45) is 0 Å². The van der Waals surface area contributed by atoms with Crippen LogP contribution in [0.4, 0.5) is 0 Å². The first-order chi connectivity index (χ1) is 15.1. The predicted octanol–water partition coefficient (Wildman–Crippen LogP) is 2.88. The maximum Gasteiger partial charge on any atom is 0.289 e. The summed E-state index contributed by atoms with van der Waals surface area (Å²) in [6, 6.07) is 9.11. The molecule has 3 rings (SSSR count). The van der Waals surface area contributed by atoms with E-state index in [9.17, 15) is 18.3 Å². The van der Waals surface area contributed by atoms with E-state index in [1.165, 1.54) is 29.9 Å². The number of amides is 1. The number of phenolic OH excluding ortho intramolecular Hbond substituents is 1. The Kier molecular flexibility index (Phi) is 6.83. The van der Waals surface area contributed by atoms with Crippen molar-refractivity contribution in [2.45, 2.75) is 44.6 Å². The summed E-state index contributed by atoms with van der Waals surface area (Å²) in [7, 11) is -1.22. The Morgan fingerprint density at radius 1 is 1.09 bits per heavy atom. The summed E-state index contributed by atoms with van der Waals surface area (Å²) in [6.07, 6.45) is 0. The molecule has 0 aliphatic rings. The third kappa shape index (κ3) is 4.59. The zero-order valence-electron chi connectivity index (χ0n) is 18.5. The lowest BCUT2D eigenvalue weighted by molar-refractivity contribution is 0.0930. The number of carbonyl (C=O) groups is 1. The number of methoxy groups -OCH3 is 1. The Morgan fingerprint density at radius 2 is 1.75 bits per heavy atom. The second-order valence-electron chi connectivity index (χ2n) is 7.85. The van der Waals surface area contributed by atoms with Gasteiger partial charge >= 0.3 is 0 Å². The molecule has 9 nitrogen and oxygen atoms in total. The number of aromatic nitrogens is 3. The van der Waals surface area contributed by atoms with Gasteiger partial charge in [-0.1, -0.05) is 13.8 Å². The molecule has 32 heavy (non-hydrogen) atoms. The lowest BCUT2D eigenvalue weighted by atomic mass is 9.98. The highest BCUT2D eigenvalue weighted by Gasteiger charge is 2.25. The topological polar surface area (TPSA) is 123 Å². The Labute approximate surface area is 188 Å². The number of phenols is 1. The number of aromatic hydroxyl groups is 1. The third-order valence-corrected chi connectivity index (χ3v) is 5.54. The first-order valence-corrected chi connectivity index (χ1v) is 11.2. The largest absolute Gasteiger partial charge is 0.507 e. The van der Waals surface area contributed by atoms with E-state index in [-0.39, 0.29) is 34.3 Å². The summed E-state index contributed by atoms with van der Waals surface area (Å²) in [6.45, 7) is 7.63. The number of nitrogens with zero attached hydrogens (tertiary/aromatic N) is 3. The van der Waals surface area contributed by atoms with Gasteiger partial charge in [0, 0.05) is 17.8 Å². The minimum atomic E-state index is -2.74. The van der Waals surface area contributed by atoms with Gasteiger partial charge in [0.05, 0.1) is 17.6 Å². The molecule has 0 aliphatic carbocycles. The van der Waals surface area contributed by atoms with Crippen molar-refractivity contribution >= 4 is 16.6 Å². The molecule has 1 amide bonds. The van der Waals surface area contributed by atoms with Crippen LogP contribution in [-0.2, 0) is 10.7 Å². The van der Waals surface area contributed by atoms with Crippen molar-refractivity contribution in [3.05, 3.63) is 47.8 Å². The van der Waals surface area contributed by atoms with Gasteiger partial charge in [0.1, 0.15) is 11.5 Å². The predicted molar refractivity (Wildman–Crippen MR) is 120 cm³/mol. The highest BCUT2D eigenvalue weighted by atomic mass is 32.2. The highest BCUT2D eigenvalue weighted by Crippen LogP contribution is 2.38. The molecule has 3 aromatic rings. The maximum absolute atomic E-state index is 12.8. The van der Waals surface area contributed by atoms with Gasteiger partial charge in [0.15, 0.2) is 16.5 Å². The molecule has 0 bridgehead atoms. The summed E-state index contributed by atoms with van der Waals surface area (Å²) >= 11 is 0. The van der Waals surface area contributed by atoms with Gasteiger partial charge in [-0.2, -0.15) is 0 Å². The molecule has 1 heterocycles. The highest BCUT2D eigenvalue weighted by molar-refractivity contribution is 7.72. The molecule has 10 heteroatoms. The normalized spacial score (nSPS) is 11.4. The van der Waals surface area contributed by atoms with Gasteiger partial charge in [-0.3, -0.25) is 9.36 Å². The average Bonchev–Trinajstić information content (AvgIpc) is 3.17. The number of hydrogen-bond acceptors (Lipinski definition) is 7. The molecule has 1 aromatic heterocycles. The molecule has 0 fully saturated rings. The summed E-state index contributed by atoms with van der Waals surface area (Å²) < 4.78 is 29.5. The van der Waals surface area contributed by atoms with Gasteiger partial charge in [-0.25, -0.2) is 8.42 Å². The lowest BCUT2D eigenvalue weighted by Gasteiger charge is -2.16. The van der Waals surface area contributed by atoms with E-state index in [1.54, 1.807) is 18.2 Å². The second kappa shape index (κ2) is 9.39. The average molecular weight is 459 g/mol. The van der Waals surface area contributed by atoms with E-state index in [1.807, 2.05) is 27.7 Å². The van der Waals surface area contributed by atoms with Crippen LogP contribution in [0.3, 0.4) is 0 Å². The second-order valence-corrected chi connectivity index (χ2v) is 8.88. The van der Waals surface area contributed by atoms with Crippen molar-refractivity contribution in [3.63, 3.8) is 0 Å². The molecule has 0 atom stereocenters. The molecule has 170 valence electrons. The minimum absolute atomic E-state index is 0.00859. The van der Waals surface area contributed by atoms with E-state index in [2.05, 4.69) is 15.5 Å². The Morgan fingerprint density at radius 3 is 2.28 bits per heavy atom. The molecule has 0 saturated carbocycles. The first kappa shape index (κ1) is 23.3. The van der Waals surface area contributed by atoms with Crippen LogP contribution < -0.4 is 10.1 Å². The number of carbonyl (C=O) groups excluding carboxylic acids is 1. The van der Waals surface area contributed by atoms with Gasteiger partial charge in [-0.15, -0.1) is 10.2 Å². The fraction of sp³-hybridized carbons (Fsp3) is 0.318. The van der Waals surface area contributed by atoms with Gasteiger partial charge in [0.25, 0.3) is 5.91 Å². The van der Waals surface area contributed by atoms with Gasteiger partial charge in [-0.05, 0) is 55.7 Å². The summed E-state index contributed by atoms with van der Waals surface area (Å²) in [5, 5.41) is 21.8. The molecule has 2 N–H and O–H groups in total. The molecule has 0 radical (unpaired) electrons. The van der Waals surface area contributed by atoms with Crippen LogP contribution in [-0.4, -0.2) is 47.3 Å². The van der Waals surface area contributed by atoms with E-state index < -0.39 is 16.6 Å². The Bertz CT molecular complexity index is 1210. The molecular weight excluding hydrogens is 432 g/mol. The smallest absolute Gasteiger partial charge is 0.289 e. The van der Waals surface area contributed by atoms with Crippen molar-refractivity contribution in [3.8, 4) is 28.6 Å². The molecule has 0 unspecified atom stereocenters. The quantitative estimate of drug-likeness (QED) is 0.465. The number of rotatable bonds is 7.